The van der Waals surface area contributed by atoms with E-state index >= 15 is 0 Å². The summed E-state index contributed by atoms with van der Waals surface area (Å²) in [5.41, 5.74) is 2.42. The highest BCUT2D eigenvalue weighted by Crippen LogP contribution is 2.37. The molecule has 1 aliphatic heterocycles. The molecule has 0 N–H and O–H groups in total. The van der Waals surface area contributed by atoms with Crippen LogP contribution in [0.15, 0.2) is 60.7 Å². The largest absolute Gasteiger partial charge is 0.493 e. The van der Waals surface area contributed by atoms with Gasteiger partial charge in [-0.2, -0.15) is 17.7 Å². The average Bonchev–Trinajstić information content (AvgIpc) is 2.77. The number of hydrogen-bond donors (Lipinski definition) is 0. The van der Waals surface area contributed by atoms with E-state index in [0.717, 1.165) is 23.3 Å². The number of halogens is 4. The summed E-state index contributed by atoms with van der Waals surface area (Å²) in [6.45, 7) is 1.96. The van der Waals surface area contributed by atoms with Crippen molar-refractivity contribution in [1.82, 2.24) is 0 Å². The number of fused-ring (bicyclic) bond motifs is 1. The first-order valence-electron chi connectivity index (χ1n) is 10.1. The van der Waals surface area contributed by atoms with Gasteiger partial charge >= 0.3 is 6.18 Å². The minimum absolute atomic E-state index is 0.146. The van der Waals surface area contributed by atoms with Crippen LogP contribution in [0.3, 0.4) is 0 Å². The van der Waals surface area contributed by atoms with Gasteiger partial charge in [0.05, 0.1) is 30.9 Å². The molecule has 0 amide bonds. The normalized spacial score (nSPS) is 16.0. The van der Waals surface area contributed by atoms with E-state index in [1.807, 2.05) is 17.6 Å². The zero-order valence-electron chi connectivity index (χ0n) is 17.8. The van der Waals surface area contributed by atoms with E-state index in [2.05, 4.69) is 0 Å². The van der Waals surface area contributed by atoms with E-state index in [-0.39, 0.29) is 6.04 Å². The predicted octanol–water partition coefficient (Wildman–Crippen LogP) is 5.99. The standard InChI is InChI=1S/C25H22F4NO2/c1-15-12-16-13-22(31-2)23(32-3)14-20(16)24(19-6-4-5-7-21(19)26)30(15)18-10-8-17(9-11-18)25(27,28)29/h4-11,13-15H,12H2,1-3H3/q+1. The molecular weight excluding hydrogens is 422 g/mol. The van der Waals surface area contributed by atoms with Gasteiger partial charge in [-0.25, -0.2) is 4.39 Å². The molecule has 0 radical (unpaired) electrons. The first kappa shape index (κ1) is 21.9. The Hall–Kier alpha value is -3.35. The number of alkyl halides is 3. The van der Waals surface area contributed by atoms with Gasteiger partial charge in [0.1, 0.15) is 5.82 Å². The molecular formula is C25H22F4NO2+. The summed E-state index contributed by atoms with van der Waals surface area (Å²) in [4.78, 5) is 0. The van der Waals surface area contributed by atoms with Crippen LogP contribution in [0.2, 0.25) is 0 Å². The molecule has 0 aliphatic carbocycles. The van der Waals surface area contributed by atoms with Crippen molar-refractivity contribution in [1.29, 1.82) is 0 Å². The third-order valence-electron chi connectivity index (χ3n) is 5.66. The van der Waals surface area contributed by atoms with Gasteiger partial charge in [0.15, 0.2) is 17.5 Å². The minimum atomic E-state index is -4.43. The zero-order chi connectivity index (χ0) is 23.0. The first-order valence-corrected chi connectivity index (χ1v) is 10.1. The molecule has 166 valence electrons. The maximum absolute atomic E-state index is 15.0. The van der Waals surface area contributed by atoms with Crippen LogP contribution < -0.4 is 9.47 Å². The van der Waals surface area contributed by atoms with Crippen molar-refractivity contribution >= 4 is 11.4 Å². The smallest absolute Gasteiger partial charge is 0.416 e. The molecule has 7 heteroatoms. The van der Waals surface area contributed by atoms with E-state index in [1.54, 1.807) is 31.4 Å². The van der Waals surface area contributed by atoms with Crippen molar-refractivity contribution in [2.24, 2.45) is 0 Å². The summed E-state index contributed by atoms with van der Waals surface area (Å²) in [6.07, 6.45) is -3.84. The topological polar surface area (TPSA) is 21.5 Å². The Morgan fingerprint density at radius 1 is 0.875 bits per heavy atom. The van der Waals surface area contributed by atoms with Gasteiger partial charge in [0, 0.05) is 18.6 Å². The van der Waals surface area contributed by atoms with Crippen molar-refractivity contribution in [2.75, 3.05) is 14.2 Å². The molecule has 0 fully saturated rings. The Bertz CT molecular complexity index is 1180. The van der Waals surface area contributed by atoms with E-state index in [1.165, 1.54) is 25.3 Å². The third kappa shape index (κ3) is 3.83. The van der Waals surface area contributed by atoms with Gasteiger partial charge in [0.25, 0.3) is 0 Å². The van der Waals surface area contributed by atoms with Crippen molar-refractivity contribution in [3.8, 4) is 11.5 Å². The molecule has 1 atom stereocenters. The van der Waals surface area contributed by atoms with Crippen LogP contribution in [0, 0.1) is 5.82 Å². The van der Waals surface area contributed by atoms with Gasteiger partial charge in [-0.3, -0.25) is 0 Å². The van der Waals surface area contributed by atoms with E-state index in [9.17, 15) is 17.6 Å². The number of ether oxygens (including phenoxy) is 2. The molecule has 0 saturated carbocycles. The summed E-state index contributed by atoms with van der Waals surface area (Å²) in [7, 11) is 3.07. The van der Waals surface area contributed by atoms with Crippen LogP contribution in [0.25, 0.3) is 0 Å². The van der Waals surface area contributed by atoms with Crippen LogP contribution in [0.5, 0.6) is 11.5 Å². The second-order valence-corrected chi connectivity index (χ2v) is 7.66. The number of nitrogens with zero attached hydrogens (tertiary/aromatic N) is 1. The lowest BCUT2D eigenvalue weighted by Crippen LogP contribution is -2.35. The number of hydrogen-bond acceptors (Lipinski definition) is 2. The Labute approximate surface area is 183 Å². The molecule has 3 aromatic rings. The van der Waals surface area contributed by atoms with Crippen molar-refractivity contribution in [3.05, 3.63) is 88.7 Å². The van der Waals surface area contributed by atoms with E-state index in [0.29, 0.717) is 34.9 Å². The zero-order valence-corrected chi connectivity index (χ0v) is 17.8. The van der Waals surface area contributed by atoms with Gasteiger partial charge in [0.2, 0.25) is 11.4 Å². The molecule has 0 spiro atoms. The number of benzene rings is 3. The Morgan fingerprint density at radius 3 is 2.09 bits per heavy atom. The molecule has 0 bridgehead atoms. The summed E-state index contributed by atoms with van der Waals surface area (Å²) in [5.74, 6) is 0.630. The maximum Gasteiger partial charge on any atom is 0.416 e. The van der Waals surface area contributed by atoms with Crippen LogP contribution in [-0.4, -0.2) is 30.5 Å². The SMILES string of the molecule is COc1cc2c(cc1OC)C(c1ccccc1F)=[N+](c1ccc(C(F)(F)F)cc1)C(C)C2. The molecule has 32 heavy (non-hydrogen) atoms. The van der Waals surface area contributed by atoms with Crippen LogP contribution in [0.4, 0.5) is 23.2 Å². The van der Waals surface area contributed by atoms with Crippen LogP contribution in [-0.2, 0) is 12.6 Å². The highest BCUT2D eigenvalue weighted by Gasteiger charge is 2.37. The highest BCUT2D eigenvalue weighted by molar-refractivity contribution is 6.12. The maximum atomic E-state index is 15.0. The van der Waals surface area contributed by atoms with Gasteiger partial charge in [-0.1, -0.05) is 12.1 Å². The van der Waals surface area contributed by atoms with E-state index < -0.39 is 17.6 Å². The fourth-order valence-corrected chi connectivity index (χ4v) is 4.19. The summed E-state index contributed by atoms with van der Waals surface area (Å²) in [6, 6.07) is 14.8. The molecule has 4 rings (SSSR count). The lowest BCUT2D eigenvalue weighted by molar-refractivity contribution is -0.481. The minimum Gasteiger partial charge on any atom is -0.493 e. The first-order chi connectivity index (χ1) is 15.2. The summed E-state index contributed by atoms with van der Waals surface area (Å²) < 4.78 is 67.0. The Morgan fingerprint density at radius 2 is 1.50 bits per heavy atom. The quantitative estimate of drug-likeness (QED) is 0.364. The molecule has 1 heterocycles. The van der Waals surface area contributed by atoms with Gasteiger partial charge < -0.3 is 9.47 Å². The van der Waals surface area contributed by atoms with Gasteiger partial charge in [-0.05, 0) is 48.9 Å². The van der Waals surface area contributed by atoms with Gasteiger partial charge in [-0.15, -0.1) is 0 Å². The number of rotatable bonds is 4. The lowest BCUT2D eigenvalue weighted by Gasteiger charge is -2.25. The lowest BCUT2D eigenvalue weighted by atomic mass is 9.88. The average molecular weight is 444 g/mol. The van der Waals surface area contributed by atoms with Crippen molar-refractivity contribution in [2.45, 2.75) is 25.6 Å². The third-order valence-corrected chi connectivity index (χ3v) is 5.66. The second-order valence-electron chi connectivity index (χ2n) is 7.66. The van der Waals surface area contributed by atoms with E-state index in [4.69, 9.17) is 9.47 Å². The molecule has 3 nitrogen and oxygen atoms in total. The fourth-order valence-electron chi connectivity index (χ4n) is 4.19. The number of methoxy groups -OCH3 is 2. The molecule has 0 saturated heterocycles. The van der Waals surface area contributed by atoms with Crippen molar-refractivity contribution < 1.29 is 31.6 Å². The molecule has 3 aromatic carbocycles. The summed E-state index contributed by atoms with van der Waals surface area (Å²) >= 11 is 0. The fraction of sp³-hybridized carbons (Fsp3) is 0.240. The predicted molar refractivity (Wildman–Crippen MR) is 114 cm³/mol. The second kappa shape index (κ2) is 8.30. The monoisotopic (exact) mass is 444 g/mol. The molecule has 1 unspecified atom stereocenters. The highest BCUT2D eigenvalue weighted by atomic mass is 19.4. The Kier molecular flexibility index (Phi) is 5.67. The van der Waals surface area contributed by atoms with Crippen LogP contribution in [0.1, 0.15) is 29.2 Å². The molecule has 1 aliphatic rings. The summed E-state index contributed by atoms with van der Waals surface area (Å²) in [5, 5.41) is 0. The molecule has 0 aromatic heterocycles. The van der Waals surface area contributed by atoms with Crippen molar-refractivity contribution in [3.63, 3.8) is 0 Å². The Balaban J connectivity index is 2.02. The van der Waals surface area contributed by atoms with Crippen LogP contribution >= 0.6 is 0 Å².